The average molecular weight is 281 g/mol. The van der Waals surface area contributed by atoms with Gasteiger partial charge in [-0.2, -0.15) is 0 Å². The van der Waals surface area contributed by atoms with Crippen LogP contribution in [0.5, 0.6) is 0 Å². The molecule has 0 aromatic heterocycles. The Hall–Kier alpha value is -0.360. The van der Waals surface area contributed by atoms with Crippen LogP contribution in [0.1, 0.15) is 32.1 Å². The SMILES string of the molecule is Cl.NCCCC(=O)NCCCOCC1CCCO1. The zero-order valence-corrected chi connectivity index (χ0v) is 11.7. The van der Waals surface area contributed by atoms with Gasteiger partial charge in [-0.25, -0.2) is 0 Å². The molecule has 1 atom stereocenters. The van der Waals surface area contributed by atoms with E-state index in [2.05, 4.69) is 5.32 Å². The van der Waals surface area contributed by atoms with E-state index >= 15 is 0 Å². The van der Waals surface area contributed by atoms with Crippen molar-refractivity contribution in [3.63, 3.8) is 0 Å². The number of halogens is 1. The minimum Gasteiger partial charge on any atom is -0.379 e. The minimum absolute atomic E-state index is 0. The van der Waals surface area contributed by atoms with Crippen LogP contribution in [0.15, 0.2) is 0 Å². The monoisotopic (exact) mass is 280 g/mol. The molecule has 0 aromatic rings. The highest BCUT2D eigenvalue weighted by atomic mass is 35.5. The highest BCUT2D eigenvalue weighted by molar-refractivity contribution is 5.85. The third-order valence-electron chi connectivity index (χ3n) is 2.72. The van der Waals surface area contributed by atoms with Crippen molar-refractivity contribution in [2.24, 2.45) is 5.73 Å². The molecule has 0 saturated carbocycles. The van der Waals surface area contributed by atoms with Gasteiger partial charge in [-0.3, -0.25) is 4.79 Å². The van der Waals surface area contributed by atoms with E-state index in [1.54, 1.807) is 0 Å². The molecule has 1 saturated heterocycles. The molecule has 1 aliphatic rings. The third-order valence-corrected chi connectivity index (χ3v) is 2.72. The van der Waals surface area contributed by atoms with Crippen LogP contribution >= 0.6 is 12.4 Å². The van der Waals surface area contributed by atoms with Gasteiger partial charge in [0.15, 0.2) is 0 Å². The van der Waals surface area contributed by atoms with E-state index in [0.29, 0.717) is 32.7 Å². The van der Waals surface area contributed by atoms with Crippen molar-refractivity contribution >= 4 is 18.3 Å². The van der Waals surface area contributed by atoms with Gasteiger partial charge >= 0.3 is 0 Å². The Kier molecular flexibility index (Phi) is 11.5. The van der Waals surface area contributed by atoms with Gasteiger partial charge in [0.1, 0.15) is 0 Å². The summed E-state index contributed by atoms with van der Waals surface area (Å²) in [5, 5.41) is 2.84. The lowest BCUT2D eigenvalue weighted by Crippen LogP contribution is -2.26. The molecule has 5 nitrogen and oxygen atoms in total. The molecule has 1 fully saturated rings. The molecule has 0 radical (unpaired) electrons. The van der Waals surface area contributed by atoms with E-state index in [9.17, 15) is 4.79 Å². The number of ether oxygens (including phenoxy) is 2. The molecule has 0 spiro atoms. The summed E-state index contributed by atoms with van der Waals surface area (Å²) in [5.74, 6) is 0.0783. The Morgan fingerprint density at radius 3 is 2.94 bits per heavy atom. The summed E-state index contributed by atoms with van der Waals surface area (Å²) < 4.78 is 10.9. The molecule has 0 bridgehead atoms. The Bertz CT molecular complexity index is 211. The zero-order chi connectivity index (χ0) is 12.3. The molecular weight excluding hydrogens is 256 g/mol. The summed E-state index contributed by atoms with van der Waals surface area (Å²) >= 11 is 0. The maximum atomic E-state index is 11.2. The number of hydrogen-bond acceptors (Lipinski definition) is 4. The normalized spacial score (nSPS) is 18.4. The topological polar surface area (TPSA) is 73.6 Å². The van der Waals surface area contributed by atoms with Crippen LogP contribution in [0.4, 0.5) is 0 Å². The molecular formula is C12H25ClN2O3. The highest BCUT2D eigenvalue weighted by Gasteiger charge is 2.14. The molecule has 108 valence electrons. The standard InChI is InChI=1S/C12H24N2O3.ClH/c13-6-1-5-12(15)14-7-3-8-16-10-11-4-2-9-17-11;/h11H,1-10,13H2,(H,14,15);1H. The fraction of sp³-hybridized carbons (Fsp3) is 0.917. The van der Waals surface area contributed by atoms with Crippen LogP contribution in [0.25, 0.3) is 0 Å². The van der Waals surface area contributed by atoms with E-state index in [1.807, 2.05) is 0 Å². The molecule has 1 aliphatic heterocycles. The Labute approximate surface area is 115 Å². The number of rotatable bonds is 9. The van der Waals surface area contributed by atoms with Crippen LogP contribution < -0.4 is 11.1 Å². The van der Waals surface area contributed by atoms with Gasteiger partial charge in [0.2, 0.25) is 5.91 Å². The van der Waals surface area contributed by atoms with Crippen molar-refractivity contribution in [2.75, 3.05) is 32.9 Å². The van der Waals surface area contributed by atoms with E-state index < -0.39 is 0 Å². The van der Waals surface area contributed by atoms with Crippen LogP contribution in [0, 0.1) is 0 Å². The fourth-order valence-electron chi connectivity index (χ4n) is 1.74. The molecule has 18 heavy (non-hydrogen) atoms. The second-order valence-corrected chi connectivity index (χ2v) is 4.31. The van der Waals surface area contributed by atoms with Crippen molar-refractivity contribution in [3.05, 3.63) is 0 Å². The van der Waals surface area contributed by atoms with E-state index in [0.717, 1.165) is 32.3 Å². The molecule has 1 amide bonds. The first-order chi connectivity index (χ1) is 8.33. The first-order valence-corrected chi connectivity index (χ1v) is 6.49. The number of hydrogen-bond donors (Lipinski definition) is 2. The predicted molar refractivity (Wildman–Crippen MR) is 73.0 cm³/mol. The first-order valence-electron chi connectivity index (χ1n) is 6.49. The fourth-order valence-corrected chi connectivity index (χ4v) is 1.74. The van der Waals surface area contributed by atoms with Crippen molar-refractivity contribution in [1.82, 2.24) is 5.32 Å². The average Bonchev–Trinajstić information content (AvgIpc) is 2.84. The van der Waals surface area contributed by atoms with Gasteiger partial charge in [0.25, 0.3) is 0 Å². The summed E-state index contributed by atoms with van der Waals surface area (Å²) in [6, 6.07) is 0. The van der Waals surface area contributed by atoms with Crippen LogP contribution in [-0.2, 0) is 14.3 Å². The lowest BCUT2D eigenvalue weighted by atomic mass is 10.2. The zero-order valence-electron chi connectivity index (χ0n) is 10.9. The number of amides is 1. The molecule has 6 heteroatoms. The lowest BCUT2D eigenvalue weighted by molar-refractivity contribution is -0.121. The number of nitrogens with two attached hydrogens (primary N) is 1. The third kappa shape index (κ3) is 8.69. The van der Waals surface area contributed by atoms with Gasteiger partial charge in [0.05, 0.1) is 12.7 Å². The molecule has 3 N–H and O–H groups in total. The summed E-state index contributed by atoms with van der Waals surface area (Å²) in [7, 11) is 0. The van der Waals surface area contributed by atoms with E-state index in [4.69, 9.17) is 15.2 Å². The van der Waals surface area contributed by atoms with Gasteiger partial charge in [-0.15, -0.1) is 12.4 Å². The second kappa shape index (κ2) is 11.7. The van der Waals surface area contributed by atoms with Gasteiger partial charge in [-0.05, 0) is 32.2 Å². The quantitative estimate of drug-likeness (QED) is 0.614. The van der Waals surface area contributed by atoms with E-state index in [1.165, 1.54) is 0 Å². The van der Waals surface area contributed by atoms with Gasteiger partial charge in [-0.1, -0.05) is 0 Å². The van der Waals surface area contributed by atoms with E-state index in [-0.39, 0.29) is 24.4 Å². The van der Waals surface area contributed by atoms with Gasteiger partial charge in [0, 0.05) is 26.2 Å². The smallest absolute Gasteiger partial charge is 0.220 e. The lowest BCUT2D eigenvalue weighted by Gasteiger charge is -2.10. The molecule has 0 aromatic carbocycles. The molecule has 1 unspecified atom stereocenters. The summed E-state index contributed by atoms with van der Waals surface area (Å²) in [6.45, 7) is 3.47. The number of carbonyl (C=O) groups excluding carboxylic acids is 1. The summed E-state index contributed by atoms with van der Waals surface area (Å²) in [4.78, 5) is 11.2. The number of carbonyl (C=O) groups is 1. The predicted octanol–water partition coefficient (Wildman–Crippen LogP) is 0.849. The highest BCUT2D eigenvalue weighted by Crippen LogP contribution is 2.11. The summed E-state index contributed by atoms with van der Waals surface area (Å²) in [6.07, 6.45) is 4.66. The molecule has 1 rings (SSSR count). The number of nitrogens with one attached hydrogen (secondary N) is 1. The van der Waals surface area contributed by atoms with Crippen LogP contribution in [0.3, 0.4) is 0 Å². The Balaban J connectivity index is 0.00000289. The van der Waals surface area contributed by atoms with Crippen molar-refractivity contribution < 1.29 is 14.3 Å². The minimum atomic E-state index is 0. The maximum absolute atomic E-state index is 11.2. The molecule has 0 aliphatic carbocycles. The summed E-state index contributed by atoms with van der Waals surface area (Å²) in [5.41, 5.74) is 5.32. The first kappa shape index (κ1) is 17.6. The van der Waals surface area contributed by atoms with Gasteiger partial charge < -0.3 is 20.5 Å². The van der Waals surface area contributed by atoms with Crippen LogP contribution in [-0.4, -0.2) is 44.9 Å². The van der Waals surface area contributed by atoms with Crippen molar-refractivity contribution in [2.45, 2.75) is 38.2 Å². The maximum Gasteiger partial charge on any atom is 0.220 e. The van der Waals surface area contributed by atoms with Crippen LogP contribution in [0.2, 0.25) is 0 Å². The largest absolute Gasteiger partial charge is 0.379 e. The van der Waals surface area contributed by atoms with Crippen molar-refractivity contribution in [3.8, 4) is 0 Å². The Morgan fingerprint density at radius 2 is 2.28 bits per heavy atom. The Morgan fingerprint density at radius 1 is 1.44 bits per heavy atom. The molecule has 1 heterocycles. The second-order valence-electron chi connectivity index (χ2n) is 4.31. The van der Waals surface area contributed by atoms with Crippen molar-refractivity contribution in [1.29, 1.82) is 0 Å².